The standard InChI is InChI=1S/C13H9Cl2N3S2/c14-9-6-8(11(15)19-9)12-17-18-13(20-12)10(16)7-4-2-1-3-5-7/h1-6,10H,16H2. The SMILES string of the molecule is NC(c1ccccc1)c1nnc(-c2cc(Cl)sc2Cl)s1. The van der Waals surface area contributed by atoms with Crippen LogP contribution in [0.2, 0.25) is 8.67 Å². The van der Waals surface area contributed by atoms with E-state index in [9.17, 15) is 0 Å². The number of halogens is 2. The van der Waals surface area contributed by atoms with Crippen LogP contribution in [0, 0.1) is 0 Å². The Kier molecular flexibility index (Phi) is 4.05. The van der Waals surface area contributed by atoms with E-state index in [4.69, 9.17) is 28.9 Å². The number of aromatic nitrogens is 2. The van der Waals surface area contributed by atoms with Crippen LogP contribution in [0.4, 0.5) is 0 Å². The van der Waals surface area contributed by atoms with Crippen LogP contribution in [-0.2, 0) is 0 Å². The van der Waals surface area contributed by atoms with Crippen LogP contribution in [0.25, 0.3) is 10.6 Å². The number of hydrogen-bond acceptors (Lipinski definition) is 5. The zero-order valence-electron chi connectivity index (χ0n) is 10.1. The summed E-state index contributed by atoms with van der Waals surface area (Å²) in [6.45, 7) is 0. The predicted molar refractivity (Wildman–Crippen MR) is 85.7 cm³/mol. The van der Waals surface area contributed by atoms with Crippen LogP contribution in [0.1, 0.15) is 16.6 Å². The van der Waals surface area contributed by atoms with E-state index in [1.54, 1.807) is 6.07 Å². The minimum atomic E-state index is -0.282. The van der Waals surface area contributed by atoms with Gasteiger partial charge in [-0.1, -0.05) is 64.9 Å². The lowest BCUT2D eigenvalue weighted by Crippen LogP contribution is -2.11. The summed E-state index contributed by atoms with van der Waals surface area (Å²) in [5, 5.41) is 9.81. The third-order valence-corrected chi connectivity index (χ3v) is 5.28. The molecule has 3 nitrogen and oxygen atoms in total. The van der Waals surface area contributed by atoms with Gasteiger partial charge in [0, 0.05) is 5.56 Å². The van der Waals surface area contributed by atoms with Crippen molar-refractivity contribution >= 4 is 45.9 Å². The van der Waals surface area contributed by atoms with Gasteiger partial charge in [-0.2, -0.15) is 0 Å². The lowest BCUT2D eigenvalue weighted by molar-refractivity contribution is 0.831. The highest BCUT2D eigenvalue weighted by atomic mass is 35.5. The molecular weight excluding hydrogens is 333 g/mol. The fourth-order valence-electron chi connectivity index (χ4n) is 1.76. The van der Waals surface area contributed by atoms with Crippen LogP contribution >= 0.6 is 45.9 Å². The molecule has 0 fully saturated rings. The summed E-state index contributed by atoms with van der Waals surface area (Å²) in [4.78, 5) is 0. The molecule has 7 heteroatoms. The average Bonchev–Trinajstić information content (AvgIpc) is 3.05. The van der Waals surface area contributed by atoms with Crippen molar-refractivity contribution in [1.29, 1.82) is 0 Å². The fraction of sp³-hybridized carbons (Fsp3) is 0.0769. The normalized spacial score (nSPS) is 12.6. The van der Waals surface area contributed by atoms with E-state index < -0.39 is 0 Å². The molecule has 1 aromatic carbocycles. The van der Waals surface area contributed by atoms with Gasteiger partial charge in [-0.15, -0.1) is 21.5 Å². The van der Waals surface area contributed by atoms with Gasteiger partial charge in [0.15, 0.2) is 0 Å². The molecule has 20 heavy (non-hydrogen) atoms. The Morgan fingerprint density at radius 2 is 1.80 bits per heavy atom. The van der Waals surface area contributed by atoms with Gasteiger partial charge >= 0.3 is 0 Å². The highest BCUT2D eigenvalue weighted by molar-refractivity contribution is 7.21. The number of hydrogen-bond donors (Lipinski definition) is 1. The third kappa shape index (κ3) is 2.73. The van der Waals surface area contributed by atoms with E-state index in [-0.39, 0.29) is 6.04 Å². The number of benzene rings is 1. The fourth-order valence-corrected chi connectivity index (χ4v) is 4.24. The van der Waals surface area contributed by atoms with E-state index >= 15 is 0 Å². The molecule has 0 aliphatic rings. The molecule has 0 saturated heterocycles. The molecule has 2 heterocycles. The van der Waals surface area contributed by atoms with Gasteiger partial charge in [0.2, 0.25) is 0 Å². The Labute approximate surface area is 134 Å². The van der Waals surface area contributed by atoms with Crippen molar-refractivity contribution in [3.63, 3.8) is 0 Å². The van der Waals surface area contributed by atoms with Crippen molar-refractivity contribution in [3.05, 3.63) is 55.6 Å². The van der Waals surface area contributed by atoms with Crippen LogP contribution in [0.5, 0.6) is 0 Å². The maximum atomic E-state index is 6.20. The molecule has 0 aliphatic heterocycles. The van der Waals surface area contributed by atoms with Crippen molar-refractivity contribution in [2.24, 2.45) is 5.73 Å². The van der Waals surface area contributed by atoms with Gasteiger partial charge in [-0.25, -0.2) is 0 Å². The summed E-state index contributed by atoms with van der Waals surface area (Å²) < 4.78 is 1.25. The molecule has 0 aliphatic carbocycles. The molecule has 0 amide bonds. The van der Waals surface area contributed by atoms with E-state index in [0.717, 1.165) is 21.1 Å². The molecule has 2 N–H and O–H groups in total. The third-order valence-electron chi connectivity index (χ3n) is 2.75. The number of nitrogens with zero attached hydrogens (tertiary/aromatic N) is 2. The zero-order valence-corrected chi connectivity index (χ0v) is 13.2. The molecule has 2 aromatic heterocycles. The summed E-state index contributed by atoms with van der Waals surface area (Å²) >= 11 is 14.8. The zero-order chi connectivity index (χ0) is 14.1. The van der Waals surface area contributed by atoms with Crippen LogP contribution in [0.3, 0.4) is 0 Å². The van der Waals surface area contributed by atoms with Crippen molar-refractivity contribution in [2.45, 2.75) is 6.04 Å². The topological polar surface area (TPSA) is 51.8 Å². The molecule has 0 bridgehead atoms. The first-order valence-corrected chi connectivity index (χ1v) is 8.13. The van der Waals surface area contributed by atoms with E-state index in [1.807, 2.05) is 30.3 Å². The van der Waals surface area contributed by atoms with Crippen LogP contribution < -0.4 is 5.73 Å². The van der Waals surface area contributed by atoms with Gasteiger partial charge < -0.3 is 5.73 Å². The van der Waals surface area contributed by atoms with Crippen molar-refractivity contribution in [3.8, 4) is 10.6 Å². The van der Waals surface area contributed by atoms with Crippen molar-refractivity contribution in [1.82, 2.24) is 10.2 Å². The Morgan fingerprint density at radius 3 is 2.45 bits per heavy atom. The van der Waals surface area contributed by atoms with E-state index in [1.165, 1.54) is 22.7 Å². The second kappa shape index (κ2) is 5.79. The number of thiophene rings is 1. The molecule has 0 radical (unpaired) electrons. The maximum Gasteiger partial charge on any atom is 0.150 e. The van der Waals surface area contributed by atoms with Gasteiger partial charge in [-0.05, 0) is 11.6 Å². The second-order valence-electron chi connectivity index (χ2n) is 4.07. The maximum absolute atomic E-state index is 6.20. The lowest BCUT2D eigenvalue weighted by atomic mass is 10.1. The summed E-state index contributed by atoms with van der Waals surface area (Å²) in [5.41, 5.74) is 8.02. The lowest BCUT2D eigenvalue weighted by Gasteiger charge is -2.06. The highest BCUT2D eigenvalue weighted by Crippen LogP contribution is 2.40. The minimum absolute atomic E-state index is 0.282. The first kappa shape index (κ1) is 14.0. The van der Waals surface area contributed by atoms with E-state index in [2.05, 4.69) is 10.2 Å². The Hall–Kier alpha value is -0.980. The molecule has 3 aromatic rings. The first-order chi connectivity index (χ1) is 9.65. The summed E-state index contributed by atoms with van der Waals surface area (Å²) in [7, 11) is 0. The van der Waals surface area contributed by atoms with Gasteiger partial charge in [0.1, 0.15) is 14.4 Å². The van der Waals surface area contributed by atoms with Gasteiger partial charge in [0.05, 0.1) is 10.4 Å². The molecule has 1 atom stereocenters. The Balaban J connectivity index is 1.93. The second-order valence-corrected chi connectivity index (χ2v) is 7.37. The summed E-state index contributed by atoms with van der Waals surface area (Å²) in [5.74, 6) is 0. The van der Waals surface area contributed by atoms with Crippen LogP contribution in [-0.4, -0.2) is 10.2 Å². The largest absolute Gasteiger partial charge is 0.318 e. The molecule has 102 valence electrons. The van der Waals surface area contributed by atoms with Crippen molar-refractivity contribution < 1.29 is 0 Å². The predicted octanol–water partition coefficient (Wildman–Crippen LogP) is 4.62. The molecule has 0 saturated carbocycles. The van der Waals surface area contributed by atoms with E-state index in [0.29, 0.717) is 8.67 Å². The molecule has 3 rings (SSSR count). The molecular formula is C13H9Cl2N3S2. The minimum Gasteiger partial charge on any atom is -0.318 e. The number of nitrogens with two attached hydrogens (primary N) is 1. The quantitative estimate of drug-likeness (QED) is 0.755. The number of rotatable bonds is 3. The Bertz CT molecular complexity index is 724. The first-order valence-electron chi connectivity index (χ1n) is 5.74. The summed E-state index contributed by atoms with van der Waals surface area (Å²) in [6.07, 6.45) is 0. The monoisotopic (exact) mass is 341 g/mol. The Morgan fingerprint density at radius 1 is 1.05 bits per heavy atom. The highest BCUT2D eigenvalue weighted by Gasteiger charge is 2.18. The molecule has 0 spiro atoms. The van der Waals surface area contributed by atoms with Gasteiger partial charge in [-0.3, -0.25) is 0 Å². The van der Waals surface area contributed by atoms with Crippen LogP contribution in [0.15, 0.2) is 36.4 Å². The average molecular weight is 342 g/mol. The molecule has 1 unspecified atom stereocenters. The van der Waals surface area contributed by atoms with Crippen molar-refractivity contribution in [2.75, 3.05) is 0 Å². The smallest absolute Gasteiger partial charge is 0.150 e. The summed E-state index contributed by atoms with van der Waals surface area (Å²) in [6, 6.07) is 11.3. The van der Waals surface area contributed by atoms with Gasteiger partial charge in [0.25, 0.3) is 0 Å².